The number of hydrogen-bond acceptors (Lipinski definition) is 5. The molecule has 1 aliphatic rings. The van der Waals surface area contributed by atoms with Gasteiger partial charge in [0.2, 0.25) is 0 Å². The summed E-state index contributed by atoms with van der Waals surface area (Å²) in [5.41, 5.74) is 2.89. The maximum atomic E-state index is 12.5. The molecule has 146 valence electrons. The average Bonchev–Trinajstić information content (AvgIpc) is 3.17. The zero-order chi connectivity index (χ0) is 19.3. The molecule has 4 rings (SSSR count). The molecule has 0 unspecified atom stereocenters. The van der Waals surface area contributed by atoms with Crippen molar-refractivity contribution in [2.75, 3.05) is 33.4 Å². The van der Waals surface area contributed by atoms with Crippen molar-refractivity contribution in [1.29, 1.82) is 0 Å². The molecular weight excluding hydrogens is 356 g/mol. The molecule has 0 atom stereocenters. The van der Waals surface area contributed by atoms with E-state index in [1.165, 1.54) is 5.56 Å². The van der Waals surface area contributed by atoms with Crippen molar-refractivity contribution in [3.63, 3.8) is 0 Å². The number of nitrogens with one attached hydrogen (secondary N) is 1. The van der Waals surface area contributed by atoms with E-state index < -0.39 is 0 Å². The summed E-state index contributed by atoms with van der Waals surface area (Å²) in [6.45, 7) is 4.83. The van der Waals surface area contributed by atoms with Crippen LogP contribution in [0.1, 0.15) is 21.7 Å². The van der Waals surface area contributed by atoms with Crippen LogP contribution in [0.2, 0.25) is 0 Å². The smallest absolute Gasteiger partial charge is 0.287 e. The molecule has 1 aromatic heterocycles. The van der Waals surface area contributed by atoms with Crippen LogP contribution >= 0.6 is 0 Å². The standard InChI is InChI=1S/C22H24N2O4/c1-26-19-7-3-6-18-13-20(28-21(18)19)22(25)23-14-16-4-2-5-17(12-16)15-24-8-10-27-11-9-24/h2-7,12-13H,8-11,14-15H2,1H3,(H,23,25). The number of morpholine rings is 1. The summed E-state index contributed by atoms with van der Waals surface area (Å²) in [5.74, 6) is 0.660. The zero-order valence-electron chi connectivity index (χ0n) is 15.9. The van der Waals surface area contributed by atoms with E-state index in [0.29, 0.717) is 17.9 Å². The highest BCUT2D eigenvalue weighted by molar-refractivity contribution is 5.97. The van der Waals surface area contributed by atoms with E-state index in [0.717, 1.165) is 43.8 Å². The first-order valence-corrected chi connectivity index (χ1v) is 9.45. The Balaban J connectivity index is 1.40. The fourth-order valence-corrected chi connectivity index (χ4v) is 3.43. The van der Waals surface area contributed by atoms with E-state index in [4.69, 9.17) is 13.9 Å². The summed E-state index contributed by atoms with van der Waals surface area (Å²) >= 11 is 0. The highest BCUT2D eigenvalue weighted by Gasteiger charge is 2.15. The van der Waals surface area contributed by atoms with Crippen LogP contribution < -0.4 is 10.1 Å². The van der Waals surface area contributed by atoms with Crippen molar-refractivity contribution < 1.29 is 18.7 Å². The van der Waals surface area contributed by atoms with E-state index in [-0.39, 0.29) is 11.7 Å². The molecule has 2 heterocycles. The van der Waals surface area contributed by atoms with Gasteiger partial charge in [-0.2, -0.15) is 0 Å². The fourth-order valence-electron chi connectivity index (χ4n) is 3.43. The van der Waals surface area contributed by atoms with E-state index in [1.54, 1.807) is 13.2 Å². The number of furan rings is 1. The van der Waals surface area contributed by atoms with Crippen LogP contribution in [0.15, 0.2) is 52.9 Å². The number of carbonyl (C=O) groups is 1. The Hall–Kier alpha value is -2.83. The second-order valence-corrected chi connectivity index (χ2v) is 6.88. The van der Waals surface area contributed by atoms with Crippen LogP contribution in [-0.4, -0.2) is 44.2 Å². The number of carbonyl (C=O) groups excluding carboxylic acids is 1. The number of nitrogens with zero attached hydrogens (tertiary/aromatic N) is 1. The van der Waals surface area contributed by atoms with Crippen molar-refractivity contribution in [3.8, 4) is 5.75 Å². The monoisotopic (exact) mass is 380 g/mol. The predicted octanol–water partition coefficient (Wildman–Crippen LogP) is 3.20. The van der Waals surface area contributed by atoms with Gasteiger partial charge in [0.25, 0.3) is 5.91 Å². The number of rotatable bonds is 6. The fraction of sp³-hybridized carbons (Fsp3) is 0.318. The molecule has 0 bridgehead atoms. The summed E-state index contributed by atoms with van der Waals surface area (Å²) in [6.07, 6.45) is 0. The molecule has 1 N–H and O–H groups in total. The third kappa shape index (κ3) is 4.18. The number of fused-ring (bicyclic) bond motifs is 1. The van der Waals surface area contributed by atoms with Crippen molar-refractivity contribution in [3.05, 3.63) is 65.4 Å². The first-order valence-electron chi connectivity index (χ1n) is 9.45. The Morgan fingerprint density at radius 1 is 1.11 bits per heavy atom. The first kappa shape index (κ1) is 18.5. The predicted molar refractivity (Wildman–Crippen MR) is 106 cm³/mol. The van der Waals surface area contributed by atoms with Gasteiger partial charge in [-0.25, -0.2) is 0 Å². The van der Waals surface area contributed by atoms with Gasteiger partial charge in [0.15, 0.2) is 17.1 Å². The van der Waals surface area contributed by atoms with Crippen LogP contribution in [0.4, 0.5) is 0 Å². The summed E-state index contributed by atoms with van der Waals surface area (Å²) in [5, 5.41) is 3.78. The van der Waals surface area contributed by atoms with Crippen molar-refractivity contribution in [1.82, 2.24) is 10.2 Å². The number of ether oxygens (including phenoxy) is 2. The molecule has 0 spiro atoms. The quantitative estimate of drug-likeness (QED) is 0.711. The first-order chi connectivity index (χ1) is 13.7. The van der Waals surface area contributed by atoms with Crippen LogP contribution in [-0.2, 0) is 17.8 Å². The van der Waals surface area contributed by atoms with Crippen LogP contribution in [0, 0.1) is 0 Å². The third-order valence-electron chi connectivity index (χ3n) is 4.91. The summed E-state index contributed by atoms with van der Waals surface area (Å²) in [6, 6.07) is 15.6. The van der Waals surface area contributed by atoms with Gasteiger partial charge in [0.1, 0.15) is 0 Å². The lowest BCUT2D eigenvalue weighted by molar-refractivity contribution is 0.0342. The van der Waals surface area contributed by atoms with E-state index in [2.05, 4.69) is 22.3 Å². The SMILES string of the molecule is COc1cccc2cc(C(=O)NCc3cccc(CN4CCOCC4)c3)oc12. The molecule has 1 fully saturated rings. The Bertz CT molecular complexity index is 960. The van der Waals surface area contributed by atoms with Crippen LogP contribution in [0.3, 0.4) is 0 Å². The molecule has 0 saturated carbocycles. The van der Waals surface area contributed by atoms with Crippen molar-refractivity contribution in [2.24, 2.45) is 0 Å². The minimum absolute atomic E-state index is 0.239. The number of methoxy groups -OCH3 is 1. The van der Waals surface area contributed by atoms with Gasteiger partial charge in [-0.1, -0.05) is 36.4 Å². The van der Waals surface area contributed by atoms with E-state index >= 15 is 0 Å². The molecule has 1 saturated heterocycles. The second-order valence-electron chi connectivity index (χ2n) is 6.88. The van der Waals surface area contributed by atoms with E-state index in [1.807, 2.05) is 30.3 Å². The molecule has 6 nitrogen and oxygen atoms in total. The Labute approximate surface area is 164 Å². The number of amides is 1. The average molecular weight is 380 g/mol. The molecule has 1 aliphatic heterocycles. The lowest BCUT2D eigenvalue weighted by atomic mass is 10.1. The number of hydrogen-bond donors (Lipinski definition) is 1. The van der Waals surface area contributed by atoms with Gasteiger partial charge in [0, 0.05) is 31.6 Å². The minimum Gasteiger partial charge on any atom is -0.493 e. The topological polar surface area (TPSA) is 63.9 Å². The van der Waals surface area contributed by atoms with Crippen LogP contribution in [0.25, 0.3) is 11.0 Å². The molecule has 28 heavy (non-hydrogen) atoms. The van der Waals surface area contributed by atoms with Gasteiger partial charge < -0.3 is 19.2 Å². The van der Waals surface area contributed by atoms with Crippen molar-refractivity contribution >= 4 is 16.9 Å². The van der Waals surface area contributed by atoms with Gasteiger partial charge in [-0.3, -0.25) is 9.69 Å². The number of para-hydroxylation sites is 1. The summed E-state index contributed by atoms with van der Waals surface area (Å²) < 4.78 is 16.4. The Morgan fingerprint density at radius 3 is 2.71 bits per heavy atom. The van der Waals surface area contributed by atoms with Gasteiger partial charge >= 0.3 is 0 Å². The largest absolute Gasteiger partial charge is 0.493 e. The molecule has 3 aromatic rings. The highest BCUT2D eigenvalue weighted by atomic mass is 16.5. The highest BCUT2D eigenvalue weighted by Crippen LogP contribution is 2.28. The maximum absolute atomic E-state index is 12.5. The lowest BCUT2D eigenvalue weighted by Gasteiger charge is -2.26. The minimum atomic E-state index is -0.239. The molecule has 6 heteroatoms. The second kappa shape index (κ2) is 8.46. The van der Waals surface area contributed by atoms with Crippen LogP contribution in [0.5, 0.6) is 5.75 Å². The molecular formula is C22H24N2O4. The lowest BCUT2D eigenvalue weighted by Crippen LogP contribution is -2.35. The van der Waals surface area contributed by atoms with Gasteiger partial charge in [-0.15, -0.1) is 0 Å². The Kier molecular flexibility index (Phi) is 5.60. The zero-order valence-corrected chi connectivity index (χ0v) is 15.9. The van der Waals surface area contributed by atoms with Gasteiger partial charge in [0.05, 0.1) is 20.3 Å². The number of benzene rings is 2. The summed E-state index contributed by atoms with van der Waals surface area (Å²) in [7, 11) is 1.58. The Morgan fingerprint density at radius 2 is 1.89 bits per heavy atom. The molecule has 0 radical (unpaired) electrons. The molecule has 2 aromatic carbocycles. The van der Waals surface area contributed by atoms with Gasteiger partial charge in [-0.05, 0) is 23.3 Å². The summed E-state index contributed by atoms with van der Waals surface area (Å²) in [4.78, 5) is 14.9. The van der Waals surface area contributed by atoms with E-state index in [9.17, 15) is 4.79 Å². The van der Waals surface area contributed by atoms with Crippen molar-refractivity contribution in [2.45, 2.75) is 13.1 Å². The normalized spacial score (nSPS) is 14.9. The third-order valence-corrected chi connectivity index (χ3v) is 4.91. The maximum Gasteiger partial charge on any atom is 0.287 e. The molecule has 1 amide bonds. The molecule has 0 aliphatic carbocycles.